The topological polar surface area (TPSA) is 46.3 Å². The van der Waals surface area contributed by atoms with Crippen LogP contribution in [0.2, 0.25) is 0 Å². The lowest BCUT2D eigenvalue weighted by Gasteiger charge is -2.40. The van der Waals surface area contributed by atoms with Crippen LogP contribution in [0.1, 0.15) is 48.4 Å². The molecule has 1 aliphatic heterocycles. The maximum absolute atomic E-state index is 12.4. The Morgan fingerprint density at radius 2 is 2.00 bits per heavy atom. The lowest BCUT2D eigenvalue weighted by molar-refractivity contribution is -0.133. The number of piperidine rings is 1. The van der Waals surface area contributed by atoms with Crippen LogP contribution in [0.5, 0.6) is 0 Å². The van der Waals surface area contributed by atoms with Crippen LogP contribution in [-0.4, -0.2) is 30.4 Å². The van der Waals surface area contributed by atoms with Crippen molar-refractivity contribution >= 4 is 17.2 Å². The van der Waals surface area contributed by atoms with Crippen molar-refractivity contribution in [1.29, 1.82) is 0 Å². The van der Waals surface area contributed by atoms with Crippen LogP contribution in [0.3, 0.4) is 0 Å². The number of aryl methyl sites for hydroxylation is 3. The highest BCUT2D eigenvalue weighted by molar-refractivity contribution is 7.12. The predicted molar refractivity (Wildman–Crippen MR) is 94.3 cm³/mol. The first-order valence-corrected chi connectivity index (χ1v) is 9.19. The second kappa shape index (κ2) is 7.14. The number of nitrogens with two attached hydrogens (primary N) is 1. The minimum absolute atomic E-state index is 0.195. The fourth-order valence-corrected chi connectivity index (χ4v) is 4.38. The average Bonchev–Trinajstić information content (AvgIpc) is 2.82. The first kappa shape index (κ1) is 17.5. The molecular weight excluding hydrogens is 292 g/mol. The van der Waals surface area contributed by atoms with E-state index in [1.807, 2.05) is 11.3 Å². The van der Waals surface area contributed by atoms with Gasteiger partial charge < -0.3 is 10.6 Å². The molecule has 0 radical (unpaired) electrons. The van der Waals surface area contributed by atoms with Crippen LogP contribution in [0.25, 0.3) is 0 Å². The lowest BCUT2D eigenvalue weighted by atomic mass is 9.74. The van der Waals surface area contributed by atoms with E-state index < -0.39 is 0 Å². The van der Waals surface area contributed by atoms with Crippen molar-refractivity contribution in [2.75, 3.05) is 19.6 Å². The van der Waals surface area contributed by atoms with Gasteiger partial charge in [0, 0.05) is 29.3 Å². The molecule has 1 aromatic rings. The van der Waals surface area contributed by atoms with E-state index in [1.165, 1.54) is 15.3 Å². The molecule has 2 heterocycles. The Labute approximate surface area is 138 Å². The van der Waals surface area contributed by atoms with Gasteiger partial charge in [-0.3, -0.25) is 4.79 Å². The van der Waals surface area contributed by atoms with Gasteiger partial charge in [-0.15, -0.1) is 11.3 Å². The number of hydrogen-bond acceptors (Lipinski definition) is 3. The molecule has 1 saturated heterocycles. The number of carbonyl (C=O) groups is 1. The summed E-state index contributed by atoms with van der Waals surface area (Å²) in [7, 11) is 0. The molecule has 0 aliphatic carbocycles. The highest BCUT2D eigenvalue weighted by Gasteiger charge is 2.32. The molecule has 0 spiro atoms. The van der Waals surface area contributed by atoms with Crippen molar-refractivity contribution in [3.63, 3.8) is 0 Å². The molecule has 1 aromatic heterocycles. The van der Waals surface area contributed by atoms with Gasteiger partial charge in [0.15, 0.2) is 0 Å². The molecule has 1 aliphatic rings. The quantitative estimate of drug-likeness (QED) is 0.901. The van der Waals surface area contributed by atoms with E-state index in [4.69, 9.17) is 5.73 Å². The van der Waals surface area contributed by atoms with Crippen molar-refractivity contribution in [2.24, 2.45) is 17.1 Å². The van der Waals surface area contributed by atoms with Crippen molar-refractivity contribution in [3.05, 3.63) is 21.4 Å². The van der Waals surface area contributed by atoms with Crippen LogP contribution in [0.4, 0.5) is 0 Å². The maximum atomic E-state index is 12.4. The standard InChI is InChI=1S/C18H30N2OS/c1-13-11-15(14(2)22-13)5-6-17(21)20-9-7-16(8-10-20)18(3,4)12-19/h11,16H,5-10,12,19H2,1-4H3. The Morgan fingerprint density at radius 3 is 2.50 bits per heavy atom. The second-order valence-electron chi connectivity index (χ2n) is 7.29. The Kier molecular flexibility index (Phi) is 5.67. The molecule has 3 nitrogen and oxygen atoms in total. The molecule has 1 amide bonds. The van der Waals surface area contributed by atoms with Crippen LogP contribution in [-0.2, 0) is 11.2 Å². The summed E-state index contributed by atoms with van der Waals surface area (Å²) in [5, 5.41) is 0. The number of likely N-dealkylation sites (tertiary alicyclic amines) is 1. The number of thiophene rings is 1. The third-order valence-corrected chi connectivity index (χ3v) is 6.24. The van der Waals surface area contributed by atoms with E-state index in [0.717, 1.165) is 38.9 Å². The van der Waals surface area contributed by atoms with Crippen molar-refractivity contribution in [3.8, 4) is 0 Å². The van der Waals surface area contributed by atoms with Gasteiger partial charge in [-0.25, -0.2) is 0 Å². The molecule has 0 saturated carbocycles. The predicted octanol–water partition coefficient (Wildman–Crippen LogP) is 3.52. The number of hydrogen-bond donors (Lipinski definition) is 1. The number of rotatable bonds is 5. The van der Waals surface area contributed by atoms with E-state index in [9.17, 15) is 4.79 Å². The summed E-state index contributed by atoms with van der Waals surface area (Å²) in [4.78, 5) is 17.2. The highest BCUT2D eigenvalue weighted by atomic mass is 32.1. The minimum atomic E-state index is 0.195. The second-order valence-corrected chi connectivity index (χ2v) is 8.75. The highest BCUT2D eigenvalue weighted by Crippen LogP contribution is 2.34. The van der Waals surface area contributed by atoms with E-state index in [1.54, 1.807) is 0 Å². The zero-order valence-corrected chi connectivity index (χ0v) is 15.3. The number of amides is 1. The molecule has 4 heteroatoms. The van der Waals surface area contributed by atoms with E-state index in [0.29, 0.717) is 18.2 Å². The van der Waals surface area contributed by atoms with Gasteiger partial charge in [-0.05, 0) is 62.6 Å². The van der Waals surface area contributed by atoms with Crippen LogP contribution in [0.15, 0.2) is 6.07 Å². The largest absolute Gasteiger partial charge is 0.343 e. The molecule has 124 valence electrons. The zero-order valence-electron chi connectivity index (χ0n) is 14.4. The Balaban J connectivity index is 1.81. The van der Waals surface area contributed by atoms with Gasteiger partial charge in [0.2, 0.25) is 5.91 Å². The molecule has 2 rings (SSSR count). The fourth-order valence-electron chi connectivity index (χ4n) is 3.41. The summed E-state index contributed by atoms with van der Waals surface area (Å²) in [5.74, 6) is 0.954. The van der Waals surface area contributed by atoms with Crippen molar-refractivity contribution in [1.82, 2.24) is 4.90 Å². The van der Waals surface area contributed by atoms with Crippen molar-refractivity contribution < 1.29 is 4.79 Å². The third-order valence-electron chi connectivity index (χ3n) is 5.23. The Morgan fingerprint density at radius 1 is 1.36 bits per heavy atom. The van der Waals surface area contributed by atoms with Crippen LogP contribution >= 0.6 is 11.3 Å². The normalized spacial score (nSPS) is 17.0. The van der Waals surface area contributed by atoms with Gasteiger partial charge in [0.05, 0.1) is 0 Å². The molecule has 0 atom stereocenters. The first-order chi connectivity index (χ1) is 10.3. The van der Waals surface area contributed by atoms with Gasteiger partial charge >= 0.3 is 0 Å². The summed E-state index contributed by atoms with van der Waals surface area (Å²) in [5.41, 5.74) is 7.42. The number of carbonyl (C=O) groups excluding carboxylic acids is 1. The minimum Gasteiger partial charge on any atom is -0.343 e. The lowest BCUT2D eigenvalue weighted by Crippen LogP contribution is -2.44. The smallest absolute Gasteiger partial charge is 0.222 e. The summed E-state index contributed by atoms with van der Waals surface area (Å²) < 4.78 is 0. The molecule has 22 heavy (non-hydrogen) atoms. The Hall–Kier alpha value is -0.870. The van der Waals surface area contributed by atoms with Gasteiger partial charge in [0.1, 0.15) is 0 Å². The third kappa shape index (κ3) is 4.11. The summed E-state index contributed by atoms with van der Waals surface area (Å²) in [6, 6.07) is 2.23. The monoisotopic (exact) mass is 322 g/mol. The fraction of sp³-hybridized carbons (Fsp3) is 0.722. The molecule has 1 fully saturated rings. The van der Waals surface area contributed by atoms with Crippen LogP contribution in [0, 0.1) is 25.2 Å². The van der Waals surface area contributed by atoms with E-state index in [2.05, 4.69) is 38.7 Å². The summed E-state index contributed by atoms with van der Waals surface area (Å²) >= 11 is 1.83. The number of nitrogens with zero attached hydrogens (tertiary/aromatic N) is 1. The van der Waals surface area contributed by atoms with Gasteiger partial charge in [0.25, 0.3) is 0 Å². The van der Waals surface area contributed by atoms with E-state index >= 15 is 0 Å². The average molecular weight is 323 g/mol. The molecular formula is C18H30N2OS. The molecule has 0 unspecified atom stereocenters. The van der Waals surface area contributed by atoms with E-state index in [-0.39, 0.29) is 5.41 Å². The SMILES string of the molecule is Cc1cc(CCC(=O)N2CCC(C(C)(C)CN)CC2)c(C)s1. The van der Waals surface area contributed by atoms with Gasteiger partial charge in [-0.2, -0.15) is 0 Å². The summed E-state index contributed by atoms with van der Waals surface area (Å²) in [6.45, 7) is 11.3. The first-order valence-electron chi connectivity index (χ1n) is 8.37. The summed E-state index contributed by atoms with van der Waals surface area (Å²) in [6.07, 6.45) is 3.70. The zero-order chi connectivity index (χ0) is 16.3. The maximum Gasteiger partial charge on any atom is 0.222 e. The van der Waals surface area contributed by atoms with Gasteiger partial charge in [-0.1, -0.05) is 13.8 Å². The molecule has 0 aromatic carbocycles. The van der Waals surface area contributed by atoms with Crippen LogP contribution < -0.4 is 5.73 Å². The molecule has 0 bridgehead atoms. The van der Waals surface area contributed by atoms with Crippen molar-refractivity contribution in [2.45, 2.75) is 53.4 Å². The Bertz CT molecular complexity index is 513. The molecule has 2 N–H and O–H groups in total.